The van der Waals surface area contributed by atoms with Gasteiger partial charge in [0, 0.05) is 22.6 Å². The molecular formula is C24H23N7O2. The lowest BCUT2D eigenvalue weighted by Crippen LogP contribution is -2.24. The minimum atomic E-state index is -0.492. The third-order valence-electron chi connectivity index (χ3n) is 5.77. The molecule has 2 aromatic carbocycles. The zero-order chi connectivity index (χ0) is 22.8. The third kappa shape index (κ3) is 4.12. The molecule has 2 heterocycles. The van der Waals surface area contributed by atoms with Crippen LogP contribution in [-0.2, 0) is 17.6 Å². The van der Waals surface area contributed by atoms with E-state index in [9.17, 15) is 9.59 Å². The van der Waals surface area contributed by atoms with Gasteiger partial charge in [0.05, 0.1) is 5.69 Å². The fraction of sp³-hybridized carbons (Fsp3) is 0.208. The van der Waals surface area contributed by atoms with E-state index < -0.39 is 6.04 Å². The van der Waals surface area contributed by atoms with E-state index in [-0.39, 0.29) is 11.8 Å². The predicted molar refractivity (Wildman–Crippen MR) is 123 cm³/mol. The Labute approximate surface area is 190 Å². The number of hydrogen-bond donors (Lipinski definition) is 2. The van der Waals surface area contributed by atoms with Crippen LogP contribution in [0.15, 0.2) is 67.3 Å². The van der Waals surface area contributed by atoms with E-state index in [0.717, 1.165) is 36.2 Å². The first-order valence-electron chi connectivity index (χ1n) is 10.8. The molecule has 0 aliphatic heterocycles. The zero-order valence-corrected chi connectivity index (χ0v) is 18.1. The van der Waals surface area contributed by atoms with E-state index in [1.165, 1.54) is 17.3 Å². The highest BCUT2D eigenvalue weighted by Crippen LogP contribution is 2.28. The quantitative estimate of drug-likeness (QED) is 0.477. The van der Waals surface area contributed by atoms with Crippen molar-refractivity contribution in [3.63, 3.8) is 0 Å². The van der Waals surface area contributed by atoms with Crippen LogP contribution in [0.5, 0.6) is 0 Å². The van der Waals surface area contributed by atoms with E-state index in [4.69, 9.17) is 0 Å². The highest BCUT2D eigenvalue weighted by atomic mass is 16.2. The molecule has 1 unspecified atom stereocenters. The van der Waals surface area contributed by atoms with Gasteiger partial charge in [0.2, 0.25) is 5.91 Å². The highest BCUT2D eigenvalue weighted by Gasteiger charge is 2.27. The second-order valence-corrected chi connectivity index (χ2v) is 7.95. The maximum Gasteiger partial charge on any atom is 0.276 e. The number of anilines is 2. The van der Waals surface area contributed by atoms with Crippen LogP contribution in [0.1, 0.15) is 41.1 Å². The smallest absolute Gasteiger partial charge is 0.276 e. The molecule has 2 N–H and O–H groups in total. The Morgan fingerprint density at radius 3 is 2.39 bits per heavy atom. The fourth-order valence-electron chi connectivity index (χ4n) is 4.01. The third-order valence-corrected chi connectivity index (χ3v) is 5.77. The number of nitrogens with zero attached hydrogens (tertiary/aromatic N) is 5. The van der Waals surface area contributed by atoms with E-state index in [1.807, 2.05) is 35.0 Å². The van der Waals surface area contributed by atoms with Gasteiger partial charge in [-0.15, -0.1) is 0 Å². The molecule has 9 nitrogen and oxygen atoms in total. The summed E-state index contributed by atoms with van der Waals surface area (Å²) in [6, 6.07) is 16.4. The average Bonchev–Trinajstić information content (AvgIpc) is 3.58. The summed E-state index contributed by atoms with van der Waals surface area (Å²) >= 11 is 0. The molecule has 1 aliphatic carbocycles. The van der Waals surface area contributed by atoms with Gasteiger partial charge in [0.15, 0.2) is 5.69 Å². The van der Waals surface area contributed by atoms with Crippen molar-refractivity contribution in [1.29, 1.82) is 0 Å². The number of aromatic nitrogens is 5. The summed E-state index contributed by atoms with van der Waals surface area (Å²) < 4.78 is 3.36. The van der Waals surface area contributed by atoms with Crippen LogP contribution in [-0.4, -0.2) is 36.4 Å². The van der Waals surface area contributed by atoms with Crippen molar-refractivity contribution in [2.45, 2.75) is 32.2 Å². The molecule has 4 aromatic rings. The minimum absolute atomic E-state index is 0.209. The van der Waals surface area contributed by atoms with Gasteiger partial charge < -0.3 is 10.6 Å². The molecule has 2 amide bonds. The zero-order valence-electron chi connectivity index (χ0n) is 18.1. The second kappa shape index (κ2) is 8.70. The Balaban J connectivity index is 1.29. The summed E-state index contributed by atoms with van der Waals surface area (Å²) in [5, 5.41) is 14.4. The summed E-state index contributed by atoms with van der Waals surface area (Å²) in [7, 11) is 0. The number of fused-ring (bicyclic) bond motifs is 1. The van der Waals surface area contributed by atoms with Crippen molar-refractivity contribution in [2.75, 3.05) is 10.6 Å². The molecule has 33 heavy (non-hydrogen) atoms. The Morgan fingerprint density at radius 2 is 1.70 bits per heavy atom. The highest BCUT2D eigenvalue weighted by molar-refractivity contribution is 6.04. The van der Waals surface area contributed by atoms with Gasteiger partial charge in [-0.05, 0) is 62.6 Å². The van der Waals surface area contributed by atoms with Crippen LogP contribution >= 0.6 is 0 Å². The van der Waals surface area contributed by atoms with Gasteiger partial charge in [-0.1, -0.05) is 18.2 Å². The minimum Gasteiger partial charge on any atom is -0.324 e. The molecule has 0 bridgehead atoms. The molecule has 2 aromatic heterocycles. The number of nitrogens with one attached hydrogen (secondary N) is 2. The fourth-order valence-corrected chi connectivity index (χ4v) is 4.01. The largest absolute Gasteiger partial charge is 0.324 e. The lowest BCUT2D eigenvalue weighted by Gasteiger charge is -2.12. The lowest BCUT2D eigenvalue weighted by molar-refractivity contribution is -0.119. The van der Waals surface area contributed by atoms with E-state index >= 15 is 0 Å². The molecular weight excluding hydrogens is 418 g/mol. The van der Waals surface area contributed by atoms with Crippen molar-refractivity contribution < 1.29 is 9.59 Å². The molecule has 5 rings (SSSR count). The van der Waals surface area contributed by atoms with E-state index in [1.54, 1.807) is 31.2 Å². The molecule has 0 saturated carbocycles. The Morgan fingerprint density at radius 1 is 0.970 bits per heavy atom. The summed E-state index contributed by atoms with van der Waals surface area (Å²) in [5.41, 5.74) is 4.79. The maximum atomic E-state index is 13.0. The number of amides is 2. The summed E-state index contributed by atoms with van der Waals surface area (Å²) in [4.78, 5) is 29.3. The number of carbonyl (C=O) groups excluding carboxylic acids is 2. The second-order valence-electron chi connectivity index (χ2n) is 7.95. The van der Waals surface area contributed by atoms with Crippen LogP contribution in [0.2, 0.25) is 0 Å². The van der Waals surface area contributed by atoms with Gasteiger partial charge in [0.1, 0.15) is 18.7 Å². The SMILES string of the molecule is CC(C(=O)Nc1ccc(NC(=O)c2nn(-c3ccccc3)c3c2CCC3)cc1)n1cncn1. The van der Waals surface area contributed by atoms with Crippen LogP contribution in [0.3, 0.4) is 0 Å². The Bertz CT molecular complexity index is 1280. The summed E-state index contributed by atoms with van der Waals surface area (Å²) in [6.07, 6.45) is 5.66. The number of benzene rings is 2. The van der Waals surface area contributed by atoms with Gasteiger partial charge in [-0.25, -0.2) is 14.3 Å². The Hall–Kier alpha value is -4.27. The number of rotatable bonds is 6. The first-order valence-corrected chi connectivity index (χ1v) is 10.8. The van der Waals surface area contributed by atoms with Gasteiger partial charge >= 0.3 is 0 Å². The van der Waals surface area contributed by atoms with E-state index in [2.05, 4.69) is 25.8 Å². The van der Waals surface area contributed by atoms with Gasteiger partial charge in [-0.2, -0.15) is 10.2 Å². The van der Waals surface area contributed by atoms with Crippen molar-refractivity contribution in [2.24, 2.45) is 0 Å². The summed E-state index contributed by atoms with van der Waals surface area (Å²) in [5.74, 6) is -0.446. The molecule has 1 atom stereocenters. The van der Waals surface area contributed by atoms with Crippen molar-refractivity contribution in [3.05, 3.63) is 84.2 Å². The first-order chi connectivity index (χ1) is 16.1. The van der Waals surface area contributed by atoms with Gasteiger partial charge in [-0.3, -0.25) is 9.59 Å². The molecule has 0 saturated heterocycles. The number of hydrogen-bond acceptors (Lipinski definition) is 5. The molecule has 0 radical (unpaired) electrons. The normalized spacial score (nSPS) is 13.4. The Kier molecular flexibility index (Phi) is 5.43. The van der Waals surface area contributed by atoms with Crippen LogP contribution in [0.4, 0.5) is 11.4 Å². The molecule has 0 fully saturated rings. The number of para-hydroxylation sites is 1. The molecule has 9 heteroatoms. The van der Waals surface area contributed by atoms with E-state index in [0.29, 0.717) is 17.1 Å². The van der Waals surface area contributed by atoms with Gasteiger partial charge in [0.25, 0.3) is 5.91 Å². The average molecular weight is 441 g/mol. The summed E-state index contributed by atoms with van der Waals surface area (Å²) in [6.45, 7) is 1.74. The standard InChI is InChI=1S/C24H23N7O2/c1-16(30-15-25-14-26-30)23(32)27-17-10-12-18(13-11-17)28-24(33)22-20-8-5-9-21(20)31(29-22)19-6-3-2-4-7-19/h2-4,6-7,10-16H,5,8-9H2,1H3,(H,27,32)(H,28,33). The van der Waals surface area contributed by atoms with Crippen LogP contribution < -0.4 is 10.6 Å². The van der Waals surface area contributed by atoms with Crippen LogP contribution in [0.25, 0.3) is 5.69 Å². The van der Waals surface area contributed by atoms with Crippen molar-refractivity contribution in [1.82, 2.24) is 24.5 Å². The monoisotopic (exact) mass is 441 g/mol. The topological polar surface area (TPSA) is 107 Å². The predicted octanol–water partition coefficient (Wildman–Crippen LogP) is 3.40. The first kappa shape index (κ1) is 20.6. The maximum absolute atomic E-state index is 13.0. The molecule has 1 aliphatic rings. The molecule has 0 spiro atoms. The van der Waals surface area contributed by atoms with Crippen molar-refractivity contribution in [3.8, 4) is 5.69 Å². The van der Waals surface area contributed by atoms with Crippen molar-refractivity contribution >= 4 is 23.2 Å². The number of carbonyl (C=O) groups is 2. The molecule has 166 valence electrons. The van der Waals surface area contributed by atoms with Crippen LogP contribution in [0, 0.1) is 0 Å². The lowest BCUT2D eigenvalue weighted by atomic mass is 10.2.